The second-order valence-electron chi connectivity index (χ2n) is 5.78. The largest absolute Gasteiger partial charge is 0.416 e. The third kappa shape index (κ3) is 4.50. The van der Waals surface area contributed by atoms with Crippen LogP contribution in [-0.4, -0.2) is 15.7 Å². The van der Waals surface area contributed by atoms with Crippen molar-refractivity contribution in [3.05, 3.63) is 89.2 Å². The molecule has 1 aromatic heterocycles. The lowest BCUT2D eigenvalue weighted by atomic mass is 10.1. The highest BCUT2D eigenvalue weighted by molar-refractivity contribution is 5.94. The topological polar surface area (TPSA) is 46.9 Å². The molecule has 1 heterocycles. The van der Waals surface area contributed by atoms with E-state index in [1.54, 1.807) is 23.0 Å². The van der Waals surface area contributed by atoms with Crippen molar-refractivity contribution in [1.82, 2.24) is 15.1 Å². The predicted molar refractivity (Wildman–Crippen MR) is 90.4 cm³/mol. The smallest absolute Gasteiger partial charge is 0.348 e. The maximum Gasteiger partial charge on any atom is 0.416 e. The van der Waals surface area contributed by atoms with Crippen LogP contribution in [0.1, 0.15) is 27.0 Å². The summed E-state index contributed by atoms with van der Waals surface area (Å²) in [6.45, 7) is 0.770. The third-order valence-corrected chi connectivity index (χ3v) is 3.85. The van der Waals surface area contributed by atoms with Crippen molar-refractivity contribution in [2.45, 2.75) is 19.3 Å². The molecule has 2 aromatic carbocycles. The van der Waals surface area contributed by atoms with Crippen molar-refractivity contribution in [2.75, 3.05) is 0 Å². The average Bonchev–Trinajstić information content (AvgIpc) is 3.13. The Morgan fingerprint density at radius 3 is 2.23 bits per heavy atom. The predicted octanol–water partition coefficient (Wildman–Crippen LogP) is 3.88. The Balaban J connectivity index is 1.56. The number of benzene rings is 2. The molecule has 26 heavy (non-hydrogen) atoms. The van der Waals surface area contributed by atoms with Crippen molar-refractivity contribution in [2.24, 2.45) is 0 Å². The molecular formula is C19H16F3N3O. The van der Waals surface area contributed by atoms with Crippen LogP contribution < -0.4 is 5.32 Å². The molecule has 1 N–H and O–H groups in total. The number of hydrogen-bond donors (Lipinski definition) is 1. The van der Waals surface area contributed by atoms with Gasteiger partial charge < -0.3 is 5.32 Å². The van der Waals surface area contributed by atoms with Gasteiger partial charge in [0.2, 0.25) is 0 Å². The molecule has 0 saturated heterocycles. The Hall–Kier alpha value is -3.09. The molecule has 0 atom stereocenters. The van der Waals surface area contributed by atoms with Gasteiger partial charge in [0, 0.05) is 24.5 Å². The van der Waals surface area contributed by atoms with Crippen LogP contribution in [0, 0.1) is 0 Å². The van der Waals surface area contributed by atoms with Crippen LogP contribution in [0.4, 0.5) is 13.2 Å². The fraction of sp³-hybridized carbons (Fsp3) is 0.158. The van der Waals surface area contributed by atoms with Gasteiger partial charge in [-0.15, -0.1) is 0 Å². The van der Waals surface area contributed by atoms with Crippen molar-refractivity contribution < 1.29 is 18.0 Å². The summed E-state index contributed by atoms with van der Waals surface area (Å²) in [5.74, 6) is -0.282. The first-order valence-corrected chi connectivity index (χ1v) is 7.92. The third-order valence-electron chi connectivity index (χ3n) is 3.85. The molecule has 0 unspecified atom stereocenters. The summed E-state index contributed by atoms with van der Waals surface area (Å²) in [6.07, 6.45) is -0.812. The van der Waals surface area contributed by atoms with Gasteiger partial charge in [-0.25, -0.2) is 0 Å². The summed E-state index contributed by atoms with van der Waals surface area (Å²) >= 11 is 0. The van der Waals surface area contributed by atoms with E-state index in [2.05, 4.69) is 10.4 Å². The zero-order valence-corrected chi connectivity index (χ0v) is 13.7. The molecule has 0 fully saturated rings. The van der Waals surface area contributed by atoms with E-state index in [-0.39, 0.29) is 12.5 Å². The minimum Gasteiger partial charge on any atom is -0.348 e. The molecule has 0 bridgehead atoms. The minimum atomic E-state index is -4.36. The fourth-order valence-electron chi connectivity index (χ4n) is 2.44. The molecule has 0 aliphatic heterocycles. The Morgan fingerprint density at radius 1 is 1.00 bits per heavy atom. The highest BCUT2D eigenvalue weighted by atomic mass is 19.4. The van der Waals surface area contributed by atoms with Crippen LogP contribution in [0.2, 0.25) is 0 Å². The monoisotopic (exact) mass is 359 g/mol. The van der Waals surface area contributed by atoms with Crippen molar-refractivity contribution in [3.8, 4) is 0 Å². The van der Waals surface area contributed by atoms with E-state index in [0.717, 1.165) is 17.7 Å². The SMILES string of the molecule is O=C(NCc1ccc(C(F)(F)F)cc1)c1ccc(Cn2cccn2)cc1. The summed E-state index contributed by atoms with van der Waals surface area (Å²) < 4.78 is 39.4. The molecule has 0 spiro atoms. The number of carbonyl (C=O) groups excluding carboxylic acids is 1. The number of alkyl halides is 3. The summed E-state index contributed by atoms with van der Waals surface area (Å²) in [5, 5.41) is 6.82. The average molecular weight is 359 g/mol. The Labute approximate surface area is 148 Å². The summed E-state index contributed by atoms with van der Waals surface area (Å²) in [5.41, 5.74) is 1.39. The number of amides is 1. The molecule has 0 aliphatic rings. The Bertz CT molecular complexity index is 855. The molecular weight excluding hydrogens is 343 g/mol. The summed E-state index contributed by atoms with van der Waals surface area (Å²) in [4.78, 5) is 12.2. The number of nitrogens with zero attached hydrogens (tertiary/aromatic N) is 2. The second-order valence-corrected chi connectivity index (χ2v) is 5.78. The zero-order valence-electron chi connectivity index (χ0n) is 13.7. The van der Waals surface area contributed by atoms with Crippen molar-refractivity contribution >= 4 is 5.91 Å². The van der Waals surface area contributed by atoms with E-state index in [9.17, 15) is 18.0 Å². The van der Waals surface area contributed by atoms with Crippen LogP contribution in [0.15, 0.2) is 67.0 Å². The van der Waals surface area contributed by atoms with E-state index in [1.807, 2.05) is 24.4 Å². The van der Waals surface area contributed by atoms with E-state index in [1.165, 1.54) is 12.1 Å². The minimum absolute atomic E-state index is 0.159. The normalized spacial score (nSPS) is 11.3. The van der Waals surface area contributed by atoms with Gasteiger partial charge >= 0.3 is 6.18 Å². The number of carbonyl (C=O) groups is 1. The zero-order chi connectivity index (χ0) is 18.6. The lowest BCUT2D eigenvalue weighted by Crippen LogP contribution is -2.22. The molecule has 1 amide bonds. The molecule has 3 aromatic rings. The molecule has 3 rings (SSSR count). The number of rotatable bonds is 5. The van der Waals surface area contributed by atoms with Gasteiger partial charge in [0.1, 0.15) is 0 Å². The second kappa shape index (κ2) is 7.43. The number of nitrogens with one attached hydrogen (secondary N) is 1. The maximum atomic E-state index is 12.5. The van der Waals surface area contributed by atoms with E-state index >= 15 is 0 Å². The van der Waals surface area contributed by atoms with Crippen LogP contribution in [0.3, 0.4) is 0 Å². The maximum absolute atomic E-state index is 12.5. The van der Waals surface area contributed by atoms with Gasteiger partial charge in [0.05, 0.1) is 12.1 Å². The molecule has 7 heteroatoms. The summed E-state index contributed by atoms with van der Waals surface area (Å²) in [7, 11) is 0. The van der Waals surface area contributed by atoms with Gasteiger partial charge in [-0.05, 0) is 41.5 Å². The highest BCUT2D eigenvalue weighted by Crippen LogP contribution is 2.29. The molecule has 0 saturated carbocycles. The number of hydrogen-bond acceptors (Lipinski definition) is 2. The van der Waals surface area contributed by atoms with Gasteiger partial charge in [-0.2, -0.15) is 18.3 Å². The number of halogens is 3. The first kappa shape index (κ1) is 17.7. The molecule has 4 nitrogen and oxygen atoms in total. The van der Waals surface area contributed by atoms with Crippen LogP contribution >= 0.6 is 0 Å². The van der Waals surface area contributed by atoms with Gasteiger partial charge in [-0.3, -0.25) is 9.48 Å². The Morgan fingerprint density at radius 2 is 1.65 bits per heavy atom. The van der Waals surface area contributed by atoms with Crippen LogP contribution in [0.25, 0.3) is 0 Å². The quantitative estimate of drug-likeness (QED) is 0.752. The van der Waals surface area contributed by atoms with E-state index in [0.29, 0.717) is 17.7 Å². The first-order valence-electron chi connectivity index (χ1n) is 7.92. The van der Waals surface area contributed by atoms with Gasteiger partial charge in [0.25, 0.3) is 5.91 Å². The van der Waals surface area contributed by atoms with Crippen molar-refractivity contribution in [3.63, 3.8) is 0 Å². The van der Waals surface area contributed by atoms with Gasteiger partial charge in [-0.1, -0.05) is 24.3 Å². The Kier molecular flexibility index (Phi) is 5.06. The standard InChI is InChI=1S/C19H16F3N3O/c20-19(21,22)17-8-4-14(5-9-17)12-23-18(26)16-6-2-15(3-7-16)13-25-11-1-10-24-25/h1-11H,12-13H2,(H,23,26). The summed E-state index contributed by atoms with van der Waals surface area (Å²) in [6, 6.07) is 13.7. The van der Waals surface area contributed by atoms with Crippen LogP contribution in [0.5, 0.6) is 0 Å². The first-order chi connectivity index (χ1) is 12.4. The number of aromatic nitrogens is 2. The van der Waals surface area contributed by atoms with Crippen molar-refractivity contribution in [1.29, 1.82) is 0 Å². The molecule has 0 aliphatic carbocycles. The molecule has 0 radical (unpaired) electrons. The highest BCUT2D eigenvalue weighted by Gasteiger charge is 2.29. The fourth-order valence-corrected chi connectivity index (χ4v) is 2.44. The van der Waals surface area contributed by atoms with E-state index in [4.69, 9.17) is 0 Å². The lowest BCUT2D eigenvalue weighted by molar-refractivity contribution is -0.137. The lowest BCUT2D eigenvalue weighted by Gasteiger charge is -2.09. The van der Waals surface area contributed by atoms with E-state index < -0.39 is 11.7 Å². The van der Waals surface area contributed by atoms with Gasteiger partial charge in [0.15, 0.2) is 0 Å². The van der Waals surface area contributed by atoms with Crippen LogP contribution in [-0.2, 0) is 19.3 Å². The molecule has 134 valence electrons.